The number of anilines is 2. The van der Waals surface area contributed by atoms with E-state index < -0.39 is 0 Å². The van der Waals surface area contributed by atoms with E-state index >= 15 is 0 Å². The number of likely N-dealkylation sites (N-methyl/N-ethyl adjacent to an activating group) is 1. The number of nitrogens with one attached hydrogen (secondary N) is 2. The number of amides is 2. The molecular weight excluding hydrogens is 564 g/mol. The van der Waals surface area contributed by atoms with Crippen molar-refractivity contribution in [3.8, 4) is 22.5 Å². The molecule has 0 aliphatic carbocycles. The Bertz CT molecular complexity index is 1820. The van der Waals surface area contributed by atoms with Gasteiger partial charge in [0.2, 0.25) is 17.8 Å². The van der Waals surface area contributed by atoms with Gasteiger partial charge in [-0.05, 0) is 56.4 Å². The van der Waals surface area contributed by atoms with Crippen LogP contribution < -0.4 is 10.6 Å². The predicted molar refractivity (Wildman–Crippen MR) is 177 cm³/mol. The molecule has 10 nitrogen and oxygen atoms in total. The van der Waals surface area contributed by atoms with Crippen LogP contribution >= 0.6 is 0 Å². The molecule has 3 aromatic heterocycles. The van der Waals surface area contributed by atoms with E-state index in [9.17, 15) is 9.59 Å². The Labute approximate surface area is 262 Å². The van der Waals surface area contributed by atoms with Gasteiger partial charge in [0.05, 0.1) is 23.2 Å². The lowest BCUT2D eigenvalue weighted by Gasteiger charge is -2.17. The molecule has 1 atom stereocenters. The third-order valence-corrected chi connectivity index (χ3v) is 7.69. The number of likely N-dealkylation sites (tertiary alicyclic amines) is 1. The van der Waals surface area contributed by atoms with Crippen LogP contribution in [0.2, 0.25) is 0 Å². The van der Waals surface area contributed by atoms with E-state index in [1.54, 1.807) is 6.20 Å². The van der Waals surface area contributed by atoms with Gasteiger partial charge in [-0.3, -0.25) is 9.59 Å². The second kappa shape index (κ2) is 13.5. The topological polar surface area (TPSA) is 108 Å². The number of pyridine rings is 1. The molecule has 4 heterocycles. The fourth-order valence-corrected chi connectivity index (χ4v) is 5.45. The van der Waals surface area contributed by atoms with E-state index in [1.807, 2.05) is 120 Å². The number of aromatic nitrogens is 4. The largest absolute Gasteiger partial charge is 0.350 e. The molecule has 0 bridgehead atoms. The Balaban J connectivity index is 1.08. The van der Waals surface area contributed by atoms with Crippen molar-refractivity contribution in [2.75, 3.05) is 44.4 Å². The maximum absolute atomic E-state index is 13.1. The average Bonchev–Trinajstić information content (AvgIpc) is 3.68. The molecule has 1 saturated heterocycles. The zero-order valence-electron chi connectivity index (χ0n) is 25.4. The number of rotatable bonds is 10. The Kier molecular flexibility index (Phi) is 8.93. The normalized spacial score (nSPS) is 14.8. The Morgan fingerprint density at radius 2 is 1.80 bits per heavy atom. The van der Waals surface area contributed by atoms with Gasteiger partial charge < -0.3 is 20.4 Å². The van der Waals surface area contributed by atoms with E-state index in [0.717, 1.165) is 40.0 Å². The smallest absolute Gasteiger partial charge is 0.248 e. The van der Waals surface area contributed by atoms with Crippen molar-refractivity contribution in [3.05, 3.63) is 109 Å². The van der Waals surface area contributed by atoms with E-state index in [4.69, 9.17) is 10.1 Å². The van der Waals surface area contributed by atoms with Crippen LogP contribution in [0.25, 0.3) is 28.0 Å². The fourth-order valence-electron chi connectivity index (χ4n) is 5.45. The number of fused-ring (bicyclic) bond motifs is 1. The van der Waals surface area contributed by atoms with Crippen molar-refractivity contribution >= 4 is 29.0 Å². The molecule has 1 aliphatic rings. The lowest BCUT2D eigenvalue weighted by Crippen LogP contribution is -2.32. The van der Waals surface area contributed by atoms with E-state index in [1.165, 1.54) is 6.08 Å². The number of nitrogens with zero attached hydrogens (tertiary/aromatic N) is 6. The molecule has 45 heavy (non-hydrogen) atoms. The van der Waals surface area contributed by atoms with Gasteiger partial charge in [0.1, 0.15) is 5.69 Å². The Hall–Kier alpha value is -5.35. The quantitative estimate of drug-likeness (QED) is 0.222. The summed E-state index contributed by atoms with van der Waals surface area (Å²) in [5.41, 5.74) is 6.16. The number of hydrogen-bond acceptors (Lipinski definition) is 7. The Morgan fingerprint density at radius 1 is 1.00 bits per heavy atom. The molecule has 6 rings (SSSR count). The van der Waals surface area contributed by atoms with Gasteiger partial charge in [-0.15, -0.1) is 0 Å². The molecule has 5 aromatic rings. The highest BCUT2D eigenvalue weighted by atomic mass is 16.2. The van der Waals surface area contributed by atoms with E-state index in [2.05, 4.69) is 15.6 Å². The van der Waals surface area contributed by atoms with Crippen molar-refractivity contribution in [1.29, 1.82) is 0 Å². The van der Waals surface area contributed by atoms with E-state index in [-0.39, 0.29) is 17.9 Å². The van der Waals surface area contributed by atoms with Crippen molar-refractivity contribution in [2.45, 2.75) is 18.9 Å². The number of hydrogen-bond donors (Lipinski definition) is 2. The molecule has 0 radical (unpaired) electrons. The van der Waals surface area contributed by atoms with Gasteiger partial charge >= 0.3 is 0 Å². The highest BCUT2D eigenvalue weighted by Crippen LogP contribution is 2.34. The van der Waals surface area contributed by atoms with Gasteiger partial charge in [0, 0.05) is 55.4 Å². The van der Waals surface area contributed by atoms with Gasteiger partial charge in [0.15, 0.2) is 0 Å². The zero-order chi connectivity index (χ0) is 31.2. The van der Waals surface area contributed by atoms with Crippen molar-refractivity contribution in [1.82, 2.24) is 29.4 Å². The van der Waals surface area contributed by atoms with Crippen LogP contribution in [0.15, 0.2) is 103 Å². The second-order valence-corrected chi connectivity index (χ2v) is 11.4. The summed E-state index contributed by atoms with van der Waals surface area (Å²) in [4.78, 5) is 38.5. The van der Waals surface area contributed by atoms with Crippen LogP contribution in [0, 0.1) is 0 Å². The molecule has 2 N–H and O–H groups in total. The molecule has 10 heteroatoms. The van der Waals surface area contributed by atoms with Crippen LogP contribution in [0.5, 0.6) is 0 Å². The first-order chi connectivity index (χ1) is 21.9. The summed E-state index contributed by atoms with van der Waals surface area (Å²) in [5.74, 6) is 0.410. The monoisotopic (exact) mass is 600 g/mol. The number of carbonyl (C=O) groups is 2. The first kappa shape index (κ1) is 29.7. The third kappa shape index (κ3) is 7.25. The maximum Gasteiger partial charge on any atom is 0.248 e. The molecule has 1 fully saturated rings. The minimum absolute atomic E-state index is 0.0415. The van der Waals surface area contributed by atoms with Crippen molar-refractivity contribution in [3.63, 3.8) is 0 Å². The molecule has 228 valence electrons. The highest BCUT2D eigenvalue weighted by Gasteiger charge is 2.27. The minimum Gasteiger partial charge on any atom is -0.350 e. The highest BCUT2D eigenvalue weighted by molar-refractivity contribution is 5.99. The minimum atomic E-state index is -0.180. The van der Waals surface area contributed by atoms with Gasteiger partial charge in [0.25, 0.3) is 0 Å². The van der Waals surface area contributed by atoms with Crippen LogP contribution in [-0.2, 0) is 16.0 Å². The first-order valence-corrected chi connectivity index (χ1v) is 15.0. The van der Waals surface area contributed by atoms with E-state index in [0.29, 0.717) is 37.7 Å². The summed E-state index contributed by atoms with van der Waals surface area (Å²) in [5, 5.41) is 11.2. The average molecular weight is 601 g/mol. The van der Waals surface area contributed by atoms with Crippen LogP contribution in [0.1, 0.15) is 12.0 Å². The SMILES string of the molecule is CN(C)C/C=C/C(=O)Nc1ccc(CC(=O)N2CC[C@H](Nc3nccc(-c4c(-c5ccccc5)nn5ccccc45)n3)C2)cc1. The maximum atomic E-state index is 13.1. The second-order valence-electron chi connectivity index (χ2n) is 11.4. The lowest BCUT2D eigenvalue weighted by atomic mass is 10.0. The summed E-state index contributed by atoms with van der Waals surface area (Å²) in [6, 6.07) is 25.5. The summed E-state index contributed by atoms with van der Waals surface area (Å²) in [6.07, 6.45) is 8.14. The van der Waals surface area contributed by atoms with Crippen LogP contribution in [0.3, 0.4) is 0 Å². The Morgan fingerprint density at radius 3 is 2.60 bits per heavy atom. The van der Waals surface area contributed by atoms with Crippen LogP contribution in [-0.4, -0.2) is 81.0 Å². The molecule has 0 unspecified atom stereocenters. The summed E-state index contributed by atoms with van der Waals surface area (Å²) in [6.45, 7) is 1.93. The van der Waals surface area contributed by atoms with Crippen molar-refractivity contribution < 1.29 is 9.59 Å². The number of carbonyl (C=O) groups excluding carboxylic acids is 2. The number of benzene rings is 2. The van der Waals surface area contributed by atoms with Crippen molar-refractivity contribution in [2.24, 2.45) is 0 Å². The fraction of sp³-hybridized carbons (Fsp3) is 0.229. The molecular formula is C35H36N8O2. The summed E-state index contributed by atoms with van der Waals surface area (Å²) < 4.78 is 1.88. The van der Waals surface area contributed by atoms with Crippen LogP contribution in [0.4, 0.5) is 11.6 Å². The predicted octanol–water partition coefficient (Wildman–Crippen LogP) is 4.77. The third-order valence-electron chi connectivity index (χ3n) is 7.69. The standard InChI is InChI=1S/C35H36N8O2/c1-41(2)20-8-12-31(44)37-27-15-13-25(14-16-27)23-32(45)42-22-18-28(24-42)38-35-36-19-17-29(39-35)33-30-11-6-7-21-43(30)40-34(33)26-9-4-3-5-10-26/h3-17,19,21,28H,18,20,22-24H2,1-2H3,(H,37,44)(H,36,38,39)/b12-8+/t28-/m0/s1. The lowest BCUT2D eigenvalue weighted by molar-refractivity contribution is -0.129. The van der Waals surface area contributed by atoms with Gasteiger partial charge in [-0.2, -0.15) is 5.10 Å². The van der Waals surface area contributed by atoms with Gasteiger partial charge in [-0.1, -0.05) is 54.6 Å². The zero-order valence-corrected chi connectivity index (χ0v) is 25.4. The first-order valence-electron chi connectivity index (χ1n) is 15.0. The molecule has 0 spiro atoms. The molecule has 0 saturated carbocycles. The molecule has 1 aliphatic heterocycles. The van der Waals surface area contributed by atoms with Gasteiger partial charge in [-0.25, -0.2) is 14.5 Å². The molecule has 2 amide bonds. The summed E-state index contributed by atoms with van der Waals surface area (Å²) in [7, 11) is 3.89. The molecule has 2 aromatic carbocycles. The summed E-state index contributed by atoms with van der Waals surface area (Å²) >= 11 is 0.